The summed E-state index contributed by atoms with van der Waals surface area (Å²) in [7, 11) is 0. The van der Waals surface area contributed by atoms with Gasteiger partial charge in [0.15, 0.2) is 0 Å². The van der Waals surface area contributed by atoms with E-state index in [-0.39, 0.29) is 0 Å². The van der Waals surface area contributed by atoms with Crippen molar-refractivity contribution in [2.24, 2.45) is 5.92 Å². The Kier molecular flexibility index (Phi) is 5.47. The van der Waals surface area contributed by atoms with Crippen molar-refractivity contribution >= 4 is 5.69 Å². The highest BCUT2D eigenvalue weighted by Gasteiger charge is 2.24. The third-order valence-electron chi connectivity index (χ3n) is 4.86. The van der Waals surface area contributed by atoms with E-state index in [9.17, 15) is 0 Å². The molecule has 2 rings (SSSR count). The fourth-order valence-corrected chi connectivity index (χ4v) is 3.34. The number of piperidine rings is 1. The van der Waals surface area contributed by atoms with Crippen LogP contribution in [0.5, 0.6) is 0 Å². The Labute approximate surface area is 124 Å². The number of benzene rings is 1. The number of hydrogen-bond donors (Lipinski definition) is 1. The fraction of sp³-hybridized carbons (Fsp3) is 0.667. The number of rotatable bonds is 5. The summed E-state index contributed by atoms with van der Waals surface area (Å²) in [6.45, 7) is 11.4. The second-order valence-electron chi connectivity index (χ2n) is 6.16. The van der Waals surface area contributed by atoms with Crippen LogP contribution in [0.1, 0.15) is 58.6 Å². The molecule has 0 aliphatic carbocycles. The predicted molar refractivity (Wildman–Crippen MR) is 88.4 cm³/mol. The van der Waals surface area contributed by atoms with Crippen molar-refractivity contribution in [3.05, 3.63) is 29.8 Å². The Morgan fingerprint density at radius 3 is 2.50 bits per heavy atom. The van der Waals surface area contributed by atoms with Gasteiger partial charge < -0.3 is 10.2 Å². The second-order valence-corrected chi connectivity index (χ2v) is 6.16. The first-order valence-electron chi connectivity index (χ1n) is 8.27. The average Bonchev–Trinajstić information content (AvgIpc) is 2.48. The molecule has 1 aliphatic heterocycles. The monoisotopic (exact) mass is 274 g/mol. The van der Waals surface area contributed by atoms with Gasteiger partial charge in [-0.15, -0.1) is 0 Å². The summed E-state index contributed by atoms with van der Waals surface area (Å²) in [6.07, 6.45) is 3.83. The van der Waals surface area contributed by atoms with Crippen LogP contribution in [0.25, 0.3) is 0 Å². The molecule has 0 aromatic heterocycles. The number of hydrogen-bond acceptors (Lipinski definition) is 2. The van der Waals surface area contributed by atoms with Crippen LogP contribution in [0.4, 0.5) is 5.69 Å². The van der Waals surface area contributed by atoms with Gasteiger partial charge in [-0.1, -0.05) is 32.9 Å². The number of nitrogens with one attached hydrogen (secondary N) is 1. The Morgan fingerprint density at radius 1 is 1.20 bits per heavy atom. The molecule has 3 atom stereocenters. The molecule has 112 valence electrons. The highest BCUT2D eigenvalue weighted by atomic mass is 15.2. The summed E-state index contributed by atoms with van der Waals surface area (Å²) in [5.41, 5.74) is 2.80. The van der Waals surface area contributed by atoms with Gasteiger partial charge in [-0.25, -0.2) is 0 Å². The standard InChI is InChI=1S/C18H30N2/c1-5-18(19-6-2)16-9-11-17(12-10-16)20-13-7-8-14(3)15(20)4/h9-12,14-15,18-19H,5-8,13H2,1-4H3. The average molecular weight is 274 g/mol. The first-order valence-corrected chi connectivity index (χ1v) is 8.27. The van der Waals surface area contributed by atoms with Gasteiger partial charge in [-0.2, -0.15) is 0 Å². The molecule has 2 heteroatoms. The highest BCUT2D eigenvalue weighted by Crippen LogP contribution is 2.29. The fourth-order valence-electron chi connectivity index (χ4n) is 3.34. The minimum atomic E-state index is 0.492. The maximum Gasteiger partial charge on any atom is 0.0368 e. The molecule has 1 aromatic carbocycles. The minimum absolute atomic E-state index is 0.492. The lowest BCUT2D eigenvalue weighted by molar-refractivity contribution is 0.363. The molecule has 0 spiro atoms. The third-order valence-corrected chi connectivity index (χ3v) is 4.86. The maximum atomic E-state index is 3.55. The van der Waals surface area contributed by atoms with Crippen LogP contribution < -0.4 is 10.2 Å². The van der Waals surface area contributed by atoms with E-state index in [0.717, 1.165) is 18.9 Å². The number of nitrogens with zero attached hydrogens (tertiary/aromatic N) is 1. The lowest BCUT2D eigenvalue weighted by Gasteiger charge is -2.39. The van der Waals surface area contributed by atoms with Gasteiger partial charge in [0, 0.05) is 24.3 Å². The van der Waals surface area contributed by atoms with Crippen LogP contribution in [0.2, 0.25) is 0 Å². The molecule has 1 fully saturated rings. The zero-order valence-corrected chi connectivity index (χ0v) is 13.5. The smallest absolute Gasteiger partial charge is 0.0368 e. The van der Waals surface area contributed by atoms with E-state index in [1.165, 1.54) is 30.6 Å². The van der Waals surface area contributed by atoms with Gasteiger partial charge in [-0.05, 0) is 56.3 Å². The second kappa shape index (κ2) is 7.12. The highest BCUT2D eigenvalue weighted by molar-refractivity contribution is 5.49. The molecule has 1 aliphatic rings. The third kappa shape index (κ3) is 3.35. The van der Waals surface area contributed by atoms with E-state index < -0.39 is 0 Å². The minimum Gasteiger partial charge on any atom is -0.369 e. The van der Waals surface area contributed by atoms with E-state index >= 15 is 0 Å². The van der Waals surface area contributed by atoms with Gasteiger partial charge >= 0.3 is 0 Å². The van der Waals surface area contributed by atoms with E-state index in [1.54, 1.807) is 0 Å². The molecule has 0 amide bonds. The van der Waals surface area contributed by atoms with Crippen molar-refractivity contribution in [2.45, 2.75) is 59.0 Å². The summed E-state index contributed by atoms with van der Waals surface area (Å²) < 4.78 is 0. The first kappa shape index (κ1) is 15.4. The molecule has 1 N–H and O–H groups in total. The summed E-state index contributed by atoms with van der Waals surface area (Å²) >= 11 is 0. The van der Waals surface area contributed by atoms with Crippen LogP contribution in [0.15, 0.2) is 24.3 Å². The Bertz CT molecular complexity index is 398. The molecule has 0 radical (unpaired) electrons. The number of anilines is 1. The molecule has 2 nitrogen and oxygen atoms in total. The molecule has 1 saturated heterocycles. The molecule has 0 saturated carbocycles. The van der Waals surface area contributed by atoms with Gasteiger partial charge in [0.2, 0.25) is 0 Å². The molecule has 1 heterocycles. The van der Waals surface area contributed by atoms with E-state index in [1.807, 2.05) is 0 Å². The zero-order chi connectivity index (χ0) is 14.5. The SMILES string of the molecule is CCNC(CC)c1ccc(N2CCCC(C)C2C)cc1. The molecular formula is C18H30N2. The molecule has 20 heavy (non-hydrogen) atoms. The molecule has 0 bridgehead atoms. The summed E-state index contributed by atoms with van der Waals surface area (Å²) in [4.78, 5) is 2.58. The van der Waals surface area contributed by atoms with Crippen molar-refractivity contribution in [3.8, 4) is 0 Å². The van der Waals surface area contributed by atoms with E-state index in [0.29, 0.717) is 12.1 Å². The van der Waals surface area contributed by atoms with Crippen LogP contribution in [-0.2, 0) is 0 Å². The lowest BCUT2D eigenvalue weighted by atomic mass is 9.91. The Balaban J connectivity index is 2.11. The van der Waals surface area contributed by atoms with Gasteiger partial charge in [0.1, 0.15) is 0 Å². The van der Waals surface area contributed by atoms with E-state index in [2.05, 4.69) is 62.2 Å². The molecule has 3 unspecified atom stereocenters. The van der Waals surface area contributed by atoms with Crippen molar-refractivity contribution < 1.29 is 0 Å². The van der Waals surface area contributed by atoms with Crippen molar-refractivity contribution in [2.75, 3.05) is 18.0 Å². The topological polar surface area (TPSA) is 15.3 Å². The lowest BCUT2D eigenvalue weighted by Crippen LogP contribution is -2.42. The van der Waals surface area contributed by atoms with Crippen molar-refractivity contribution in [1.29, 1.82) is 0 Å². The van der Waals surface area contributed by atoms with Crippen LogP contribution in [0.3, 0.4) is 0 Å². The van der Waals surface area contributed by atoms with Crippen molar-refractivity contribution in [1.82, 2.24) is 5.32 Å². The Morgan fingerprint density at radius 2 is 1.90 bits per heavy atom. The molecule has 1 aromatic rings. The quantitative estimate of drug-likeness (QED) is 0.857. The van der Waals surface area contributed by atoms with Gasteiger partial charge in [-0.3, -0.25) is 0 Å². The predicted octanol–water partition coefficient (Wildman–Crippen LogP) is 4.37. The van der Waals surface area contributed by atoms with Crippen LogP contribution in [0, 0.1) is 5.92 Å². The van der Waals surface area contributed by atoms with E-state index in [4.69, 9.17) is 0 Å². The summed E-state index contributed by atoms with van der Waals surface area (Å²) in [5.74, 6) is 0.800. The van der Waals surface area contributed by atoms with Crippen molar-refractivity contribution in [3.63, 3.8) is 0 Å². The largest absolute Gasteiger partial charge is 0.369 e. The van der Waals surface area contributed by atoms with Gasteiger partial charge in [0.25, 0.3) is 0 Å². The maximum absolute atomic E-state index is 3.55. The first-order chi connectivity index (χ1) is 9.67. The van der Waals surface area contributed by atoms with Crippen LogP contribution >= 0.6 is 0 Å². The molecular weight excluding hydrogens is 244 g/mol. The summed E-state index contributed by atoms with van der Waals surface area (Å²) in [5, 5.41) is 3.55. The van der Waals surface area contributed by atoms with Gasteiger partial charge in [0.05, 0.1) is 0 Å². The summed E-state index contributed by atoms with van der Waals surface area (Å²) in [6, 6.07) is 10.4. The normalized spacial score (nSPS) is 24.7. The Hall–Kier alpha value is -1.02. The zero-order valence-electron chi connectivity index (χ0n) is 13.5. The van der Waals surface area contributed by atoms with Crippen LogP contribution in [-0.4, -0.2) is 19.1 Å².